The first-order valence-corrected chi connectivity index (χ1v) is 8.28. The van der Waals surface area contributed by atoms with Crippen molar-refractivity contribution in [3.63, 3.8) is 0 Å². The minimum absolute atomic E-state index is 0.326. The van der Waals surface area contributed by atoms with Crippen LogP contribution < -0.4 is 10.0 Å². The topological polar surface area (TPSA) is 58.2 Å². The van der Waals surface area contributed by atoms with Crippen LogP contribution in [0, 0.1) is 5.92 Å². The van der Waals surface area contributed by atoms with E-state index in [-0.39, 0.29) is 0 Å². The fourth-order valence-electron chi connectivity index (χ4n) is 1.67. The van der Waals surface area contributed by atoms with Crippen LogP contribution in [0.2, 0.25) is 0 Å². The molecule has 0 amide bonds. The summed E-state index contributed by atoms with van der Waals surface area (Å²) in [5.74, 6) is 0.483. The second-order valence-electron chi connectivity index (χ2n) is 5.00. The van der Waals surface area contributed by atoms with Gasteiger partial charge in [0, 0.05) is 13.1 Å². The van der Waals surface area contributed by atoms with Gasteiger partial charge in [-0.2, -0.15) is 0 Å². The molecule has 4 nitrogen and oxygen atoms in total. The molecule has 0 saturated heterocycles. The zero-order chi connectivity index (χ0) is 14.3. The fourth-order valence-corrected chi connectivity index (χ4v) is 2.90. The van der Waals surface area contributed by atoms with Crippen LogP contribution in [0.3, 0.4) is 0 Å². The van der Waals surface area contributed by atoms with Gasteiger partial charge in [0.05, 0.1) is 5.69 Å². The molecule has 1 rings (SSSR count). The zero-order valence-corrected chi connectivity index (χ0v) is 12.8. The predicted molar refractivity (Wildman–Crippen MR) is 79.9 cm³/mol. The zero-order valence-electron chi connectivity index (χ0n) is 11.9. The first-order chi connectivity index (χ1) is 8.97. The highest BCUT2D eigenvalue weighted by molar-refractivity contribution is 7.89. The normalized spacial score (nSPS) is 11.8. The van der Waals surface area contributed by atoms with Crippen LogP contribution in [0.4, 0.5) is 5.69 Å². The van der Waals surface area contributed by atoms with E-state index < -0.39 is 10.0 Å². The molecular formula is C14H24N2O2S. The van der Waals surface area contributed by atoms with Crippen LogP contribution in [0.25, 0.3) is 0 Å². The molecule has 1 aromatic rings. The number of rotatable bonds is 8. The van der Waals surface area contributed by atoms with Gasteiger partial charge in [0.2, 0.25) is 10.0 Å². The van der Waals surface area contributed by atoms with Gasteiger partial charge in [-0.1, -0.05) is 32.9 Å². The summed E-state index contributed by atoms with van der Waals surface area (Å²) in [5.41, 5.74) is 0.668. The van der Waals surface area contributed by atoms with E-state index in [1.54, 1.807) is 18.2 Å². The third-order valence-corrected chi connectivity index (χ3v) is 4.27. The Hall–Kier alpha value is -1.07. The van der Waals surface area contributed by atoms with Crippen LogP contribution in [0.5, 0.6) is 0 Å². The molecule has 0 saturated carbocycles. The van der Waals surface area contributed by atoms with E-state index in [1.807, 2.05) is 13.0 Å². The van der Waals surface area contributed by atoms with E-state index in [0.717, 1.165) is 19.4 Å². The van der Waals surface area contributed by atoms with Crippen LogP contribution in [-0.4, -0.2) is 21.5 Å². The Bertz CT molecular complexity index is 484. The summed E-state index contributed by atoms with van der Waals surface area (Å²) < 4.78 is 27.1. The van der Waals surface area contributed by atoms with Crippen molar-refractivity contribution in [3.05, 3.63) is 24.3 Å². The van der Waals surface area contributed by atoms with Gasteiger partial charge in [0.15, 0.2) is 0 Å². The molecule has 0 spiro atoms. The van der Waals surface area contributed by atoms with Crippen molar-refractivity contribution in [3.8, 4) is 0 Å². The Morgan fingerprint density at radius 3 is 2.47 bits per heavy atom. The van der Waals surface area contributed by atoms with E-state index in [4.69, 9.17) is 0 Å². The highest BCUT2D eigenvalue weighted by atomic mass is 32.2. The monoisotopic (exact) mass is 284 g/mol. The second-order valence-corrected chi connectivity index (χ2v) is 6.74. The first-order valence-electron chi connectivity index (χ1n) is 6.80. The Morgan fingerprint density at radius 2 is 1.84 bits per heavy atom. The van der Waals surface area contributed by atoms with Gasteiger partial charge >= 0.3 is 0 Å². The van der Waals surface area contributed by atoms with E-state index >= 15 is 0 Å². The molecule has 5 heteroatoms. The molecule has 2 N–H and O–H groups in total. The van der Waals surface area contributed by atoms with Gasteiger partial charge in [-0.25, -0.2) is 13.1 Å². The van der Waals surface area contributed by atoms with Gasteiger partial charge in [0.25, 0.3) is 0 Å². The van der Waals surface area contributed by atoms with Crippen LogP contribution in [0.1, 0.15) is 33.6 Å². The number of nitrogens with one attached hydrogen (secondary N) is 2. The molecule has 0 aliphatic carbocycles. The third-order valence-electron chi connectivity index (χ3n) is 2.76. The highest BCUT2D eigenvalue weighted by Crippen LogP contribution is 2.20. The second kappa shape index (κ2) is 7.50. The molecule has 0 heterocycles. The molecule has 0 aliphatic rings. The number of sulfonamides is 1. The van der Waals surface area contributed by atoms with Crippen molar-refractivity contribution in [1.29, 1.82) is 0 Å². The largest absolute Gasteiger partial charge is 0.384 e. The summed E-state index contributed by atoms with van der Waals surface area (Å²) in [6.45, 7) is 7.43. The molecule has 0 fully saturated rings. The standard InChI is InChI=1S/C14H24N2O2S/c1-4-10-15-13-7-5-6-8-14(13)19(17,18)16-11-9-12(2)3/h5-8,12,15-16H,4,9-11H2,1-3H3. The average molecular weight is 284 g/mol. The van der Waals surface area contributed by atoms with Gasteiger partial charge in [-0.3, -0.25) is 0 Å². The van der Waals surface area contributed by atoms with Crippen molar-refractivity contribution in [2.75, 3.05) is 18.4 Å². The van der Waals surface area contributed by atoms with E-state index in [1.165, 1.54) is 0 Å². The van der Waals surface area contributed by atoms with E-state index in [9.17, 15) is 8.42 Å². The molecule has 0 aromatic heterocycles. The maximum atomic E-state index is 12.2. The van der Waals surface area contributed by atoms with Crippen molar-refractivity contribution in [1.82, 2.24) is 4.72 Å². The number of anilines is 1. The number of hydrogen-bond acceptors (Lipinski definition) is 3. The molecule has 0 radical (unpaired) electrons. The quantitative estimate of drug-likeness (QED) is 0.771. The predicted octanol–water partition coefficient (Wildman–Crippen LogP) is 2.83. The smallest absolute Gasteiger partial charge is 0.242 e. The number of hydrogen-bond donors (Lipinski definition) is 2. The van der Waals surface area contributed by atoms with Crippen molar-refractivity contribution in [2.24, 2.45) is 5.92 Å². The summed E-state index contributed by atoms with van der Waals surface area (Å²) >= 11 is 0. The molecular weight excluding hydrogens is 260 g/mol. The maximum Gasteiger partial charge on any atom is 0.242 e. The molecule has 0 aliphatic heterocycles. The summed E-state index contributed by atoms with van der Waals surface area (Å²) in [6.07, 6.45) is 1.79. The van der Waals surface area contributed by atoms with Gasteiger partial charge in [-0.05, 0) is 30.9 Å². The Morgan fingerprint density at radius 1 is 1.16 bits per heavy atom. The number of para-hydroxylation sites is 1. The lowest BCUT2D eigenvalue weighted by Gasteiger charge is -2.13. The molecule has 0 atom stereocenters. The SMILES string of the molecule is CCCNc1ccccc1S(=O)(=O)NCCC(C)C. The van der Waals surface area contributed by atoms with E-state index in [2.05, 4.69) is 23.9 Å². The first kappa shape index (κ1) is 16.0. The van der Waals surface area contributed by atoms with Gasteiger partial charge in [-0.15, -0.1) is 0 Å². The Kier molecular flexibility index (Phi) is 6.31. The lowest BCUT2D eigenvalue weighted by Crippen LogP contribution is -2.26. The molecule has 108 valence electrons. The highest BCUT2D eigenvalue weighted by Gasteiger charge is 2.17. The molecule has 0 bridgehead atoms. The van der Waals surface area contributed by atoms with E-state index in [0.29, 0.717) is 23.0 Å². The molecule has 19 heavy (non-hydrogen) atoms. The summed E-state index contributed by atoms with van der Waals surface area (Å²) in [6, 6.07) is 7.02. The summed E-state index contributed by atoms with van der Waals surface area (Å²) in [5, 5.41) is 3.15. The fraction of sp³-hybridized carbons (Fsp3) is 0.571. The molecule has 1 aromatic carbocycles. The molecule has 0 unspecified atom stereocenters. The van der Waals surface area contributed by atoms with Crippen molar-refractivity contribution in [2.45, 2.75) is 38.5 Å². The summed E-state index contributed by atoms with van der Waals surface area (Å²) in [7, 11) is -3.43. The minimum atomic E-state index is -3.43. The van der Waals surface area contributed by atoms with Crippen molar-refractivity contribution < 1.29 is 8.42 Å². The van der Waals surface area contributed by atoms with Gasteiger partial charge < -0.3 is 5.32 Å². The summed E-state index contributed by atoms with van der Waals surface area (Å²) in [4.78, 5) is 0.326. The minimum Gasteiger partial charge on any atom is -0.384 e. The Labute approximate surface area is 116 Å². The Balaban J connectivity index is 2.82. The lowest BCUT2D eigenvalue weighted by molar-refractivity contribution is 0.552. The van der Waals surface area contributed by atoms with Crippen LogP contribution >= 0.6 is 0 Å². The number of benzene rings is 1. The maximum absolute atomic E-state index is 12.2. The van der Waals surface area contributed by atoms with Gasteiger partial charge in [0.1, 0.15) is 4.90 Å². The average Bonchev–Trinajstić information content (AvgIpc) is 2.36. The van der Waals surface area contributed by atoms with Crippen LogP contribution in [0.15, 0.2) is 29.2 Å². The van der Waals surface area contributed by atoms with Crippen LogP contribution in [-0.2, 0) is 10.0 Å². The lowest BCUT2D eigenvalue weighted by atomic mass is 10.1. The third kappa shape index (κ3) is 5.20. The van der Waals surface area contributed by atoms with Crippen molar-refractivity contribution >= 4 is 15.7 Å².